The smallest absolute Gasteiger partial charge is 0.161 e. The Hall–Kier alpha value is -1.26. The minimum Gasteiger partial charge on any atom is -0.493 e. The summed E-state index contributed by atoms with van der Waals surface area (Å²) in [6.45, 7) is 4.93. The summed E-state index contributed by atoms with van der Waals surface area (Å²) in [6, 6.07) is 3.68. The van der Waals surface area contributed by atoms with Gasteiger partial charge in [-0.15, -0.1) is 0 Å². The van der Waals surface area contributed by atoms with Crippen molar-refractivity contribution >= 4 is 0 Å². The molecule has 0 amide bonds. The van der Waals surface area contributed by atoms with Gasteiger partial charge in [-0.2, -0.15) is 0 Å². The molecule has 4 heteroatoms. The molecule has 0 aliphatic carbocycles. The topological polar surface area (TPSA) is 70.5 Å². The summed E-state index contributed by atoms with van der Waals surface area (Å²) in [5.41, 5.74) is 13.6. The molecule has 0 bridgehead atoms. The van der Waals surface area contributed by atoms with Gasteiger partial charge in [0, 0.05) is 12.6 Å². The Bertz CT molecular complexity index is 353. The summed E-state index contributed by atoms with van der Waals surface area (Å²) in [7, 11) is 1.62. The van der Waals surface area contributed by atoms with E-state index in [1.54, 1.807) is 7.11 Å². The van der Waals surface area contributed by atoms with E-state index >= 15 is 0 Å². The van der Waals surface area contributed by atoms with Crippen molar-refractivity contribution in [1.29, 1.82) is 0 Å². The van der Waals surface area contributed by atoms with Crippen LogP contribution in [-0.2, 0) is 0 Å². The Labute approximate surface area is 96.5 Å². The molecule has 1 aromatic rings. The highest BCUT2D eigenvalue weighted by Gasteiger charge is 2.13. The Morgan fingerprint density at radius 3 is 2.50 bits per heavy atom. The Morgan fingerprint density at radius 2 is 2.00 bits per heavy atom. The molecule has 0 aromatic heterocycles. The molecule has 0 saturated carbocycles. The molecule has 16 heavy (non-hydrogen) atoms. The van der Waals surface area contributed by atoms with Gasteiger partial charge in [-0.05, 0) is 37.1 Å². The van der Waals surface area contributed by atoms with Crippen LogP contribution in [-0.4, -0.2) is 20.3 Å². The number of aryl methyl sites for hydroxylation is 1. The molecule has 0 spiro atoms. The standard InChI is InChI=1S/C12H20N2O2/c1-4-16-12-6-9(10(14)7-13)8(2)5-11(12)15-3/h5-6,10H,4,7,13-14H2,1-3H3. The van der Waals surface area contributed by atoms with Gasteiger partial charge in [-0.1, -0.05) is 0 Å². The van der Waals surface area contributed by atoms with E-state index < -0.39 is 0 Å². The molecule has 0 heterocycles. The molecule has 4 nitrogen and oxygen atoms in total. The first-order valence-corrected chi connectivity index (χ1v) is 5.41. The van der Waals surface area contributed by atoms with E-state index in [2.05, 4.69) is 0 Å². The zero-order chi connectivity index (χ0) is 12.1. The SMILES string of the molecule is CCOc1cc(C(N)CN)c(C)cc1OC. The second-order valence-electron chi connectivity index (χ2n) is 3.63. The van der Waals surface area contributed by atoms with Crippen LogP contribution in [0.5, 0.6) is 11.5 Å². The molecule has 1 rings (SSSR count). The molecule has 4 N–H and O–H groups in total. The Morgan fingerprint density at radius 1 is 1.31 bits per heavy atom. The molecular formula is C12H20N2O2. The average Bonchev–Trinajstić information content (AvgIpc) is 2.30. The number of methoxy groups -OCH3 is 1. The second-order valence-corrected chi connectivity index (χ2v) is 3.63. The number of ether oxygens (including phenoxy) is 2. The number of benzene rings is 1. The Kier molecular flexibility index (Phi) is 4.58. The van der Waals surface area contributed by atoms with Gasteiger partial charge in [0.15, 0.2) is 11.5 Å². The summed E-state index contributed by atoms with van der Waals surface area (Å²) in [5.74, 6) is 1.45. The second kappa shape index (κ2) is 5.72. The molecular weight excluding hydrogens is 204 g/mol. The molecule has 0 saturated heterocycles. The van der Waals surface area contributed by atoms with Gasteiger partial charge in [0.2, 0.25) is 0 Å². The fraction of sp³-hybridized carbons (Fsp3) is 0.500. The van der Waals surface area contributed by atoms with E-state index in [1.807, 2.05) is 26.0 Å². The highest BCUT2D eigenvalue weighted by atomic mass is 16.5. The zero-order valence-electron chi connectivity index (χ0n) is 10.1. The van der Waals surface area contributed by atoms with Crippen LogP contribution in [0.1, 0.15) is 24.1 Å². The maximum Gasteiger partial charge on any atom is 0.161 e. The maximum atomic E-state index is 5.93. The third-order valence-electron chi connectivity index (χ3n) is 2.51. The van der Waals surface area contributed by atoms with Gasteiger partial charge < -0.3 is 20.9 Å². The van der Waals surface area contributed by atoms with E-state index in [0.29, 0.717) is 13.2 Å². The van der Waals surface area contributed by atoms with Gasteiger partial charge in [0.1, 0.15) is 0 Å². The number of hydrogen-bond acceptors (Lipinski definition) is 4. The summed E-state index contributed by atoms with van der Waals surface area (Å²) in [5, 5.41) is 0. The maximum absolute atomic E-state index is 5.93. The first-order valence-electron chi connectivity index (χ1n) is 5.41. The molecule has 90 valence electrons. The zero-order valence-corrected chi connectivity index (χ0v) is 10.1. The van der Waals surface area contributed by atoms with E-state index in [-0.39, 0.29) is 6.04 Å². The lowest BCUT2D eigenvalue weighted by Crippen LogP contribution is -2.21. The van der Waals surface area contributed by atoms with Gasteiger partial charge in [0.05, 0.1) is 13.7 Å². The summed E-state index contributed by atoms with van der Waals surface area (Å²) in [6.07, 6.45) is 0. The predicted octanol–water partition coefficient (Wildman–Crippen LogP) is 1.36. The van der Waals surface area contributed by atoms with Crippen molar-refractivity contribution in [3.8, 4) is 11.5 Å². The molecule has 1 atom stereocenters. The van der Waals surface area contributed by atoms with Crippen LogP contribution in [0.2, 0.25) is 0 Å². The van der Waals surface area contributed by atoms with Crippen LogP contribution in [0, 0.1) is 6.92 Å². The first-order chi connectivity index (χ1) is 7.63. The quantitative estimate of drug-likeness (QED) is 0.792. The van der Waals surface area contributed by atoms with Gasteiger partial charge in [-0.25, -0.2) is 0 Å². The molecule has 1 aromatic carbocycles. The van der Waals surface area contributed by atoms with Crippen molar-refractivity contribution < 1.29 is 9.47 Å². The van der Waals surface area contributed by atoms with Crippen LogP contribution >= 0.6 is 0 Å². The molecule has 0 aliphatic rings. The number of nitrogens with two attached hydrogens (primary N) is 2. The summed E-state index contributed by atoms with van der Waals surface area (Å²) in [4.78, 5) is 0. The third kappa shape index (κ3) is 2.65. The molecule has 0 radical (unpaired) electrons. The third-order valence-corrected chi connectivity index (χ3v) is 2.51. The fourth-order valence-electron chi connectivity index (χ4n) is 1.63. The van der Waals surface area contributed by atoms with Crippen molar-refractivity contribution in [3.63, 3.8) is 0 Å². The van der Waals surface area contributed by atoms with Crippen LogP contribution < -0.4 is 20.9 Å². The average molecular weight is 224 g/mol. The van der Waals surface area contributed by atoms with Crippen molar-refractivity contribution in [1.82, 2.24) is 0 Å². The van der Waals surface area contributed by atoms with Gasteiger partial charge in [-0.3, -0.25) is 0 Å². The number of hydrogen-bond donors (Lipinski definition) is 2. The van der Waals surface area contributed by atoms with Crippen molar-refractivity contribution in [3.05, 3.63) is 23.3 Å². The largest absolute Gasteiger partial charge is 0.493 e. The van der Waals surface area contributed by atoms with Crippen LogP contribution in [0.15, 0.2) is 12.1 Å². The van der Waals surface area contributed by atoms with Gasteiger partial charge in [0.25, 0.3) is 0 Å². The first kappa shape index (κ1) is 12.8. The van der Waals surface area contributed by atoms with Crippen LogP contribution in [0.25, 0.3) is 0 Å². The molecule has 0 fully saturated rings. The van der Waals surface area contributed by atoms with Gasteiger partial charge >= 0.3 is 0 Å². The monoisotopic (exact) mass is 224 g/mol. The number of rotatable bonds is 5. The summed E-state index contributed by atoms with van der Waals surface area (Å²) >= 11 is 0. The van der Waals surface area contributed by atoms with E-state index in [4.69, 9.17) is 20.9 Å². The van der Waals surface area contributed by atoms with E-state index in [1.165, 1.54) is 0 Å². The minimum atomic E-state index is -0.162. The van der Waals surface area contributed by atoms with Crippen LogP contribution in [0.4, 0.5) is 0 Å². The molecule has 1 unspecified atom stereocenters. The normalized spacial score (nSPS) is 12.3. The van der Waals surface area contributed by atoms with E-state index in [9.17, 15) is 0 Å². The lowest BCUT2D eigenvalue weighted by molar-refractivity contribution is 0.310. The lowest BCUT2D eigenvalue weighted by atomic mass is 10.0. The summed E-state index contributed by atoms with van der Waals surface area (Å²) < 4.78 is 10.7. The highest BCUT2D eigenvalue weighted by Crippen LogP contribution is 2.32. The fourth-order valence-corrected chi connectivity index (χ4v) is 1.63. The minimum absolute atomic E-state index is 0.162. The predicted molar refractivity (Wildman–Crippen MR) is 64.9 cm³/mol. The van der Waals surface area contributed by atoms with Crippen molar-refractivity contribution in [2.24, 2.45) is 11.5 Å². The molecule has 0 aliphatic heterocycles. The highest BCUT2D eigenvalue weighted by molar-refractivity contribution is 5.48. The van der Waals surface area contributed by atoms with Crippen molar-refractivity contribution in [2.75, 3.05) is 20.3 Å². The lowest BCUT2D eigenvalue weighted by Gasteiger charge is -2.17. The van der Waals surface area contributed by atoms with E-state index in [0.717, 1.165) is 22.6 Å². The van der Waals surface area contributed by atoms with Crippen LogP contribution in [0.3, 0.4) is 0 Å². The van der Waals surface area contributed by atoms with Crippen molar-refractivity contribution in [2.45, 2.75) is 19.9 Å². The Balaban J connectivity index is 3.16.